The van der Waals surface area contributed by atoms with Crippen molar-refractivity contribution in [3.8, 4) is 33.6 Å². The van der Waals surface area contributed by atoms with Crippen LogP contribution in [0.4, 0.5) is 0 Å². The van der Waals surface area contributed by atoms with Crippen molar-refractivity contribution in [1.82, 2.24) is 9.55 Å². The van der Waals surface area contributed by atoms with Crippen LogP contribution in [0.3, 0.4) is 0 Å². The first-order valence-electron chi connectivity index (χ1n) is 11.8. The van der Waals surface area contributed by atoms with Gasteiger partial charge in [0, 0.05) is 38.3 Å². The van der Waals surface area contributed by atoms with E-state index in [9.17, 15) is 4.79 Å². The van der Waals surface area contributed by atoms with Crippen molar-refractivity contribution in [3.63, 3.8) is 0 Å². The second-order valence-corrected chi connectivity index (χ2v) is 10.0. The van der Waals surface area contributed by atoms with Gasteiger partial charge in [0.1, 0.15) is 0 Å². The van der Waals surface area contributed by atoms with Crippen LogP contribution < -0.4 is 5.56 Å². The van der Waals surface area contributed by atoms with E-state index in [1.807, 2.05) is 89.5 Å². The minimum absolute atomic E-state index is 0.0477. The second kappa shape index (κ2) is 10.5. The summed E-state index contributed by atoms with van der Waals surface area (Å²) in [5.41, 5.74) is 5.55. The van der Waals surface area contributed by atoms with Crippen molar-refractivity contribution in [3.05, 3.63) is 110 Å². The molecule has 0 N–H and O–H groups in total. The Morgan fingerprint density at radius 3 is 1.81 bits per heavy atom. The van der Waals surface area contributed by atoms with E-state index in [-0.39, 0.29) is 5.56 Å². The van der Waals surface area contributed by atoms with Crippen molar-refractivity contribution in [2.24, 2.45) is 0 Å². The molecule has 3 nitrogen and oxygen atoms in total. The molecule has 6 heteroatoms. The molecule has 0 unspecified atom stereocenters. The Balaban J connectivity index is 1.77. The number of aryl methyl sites for hydroxylation is 1. The third kappa shape index (κ3) is 5.05. The molecule has 0 spiro atoms. The molecule has 0 saturated heterocycles. The van der Waals surface area contributed by atoms with Crippen LogP contribution >= 0.6 is 34.8 Å². The molecule has 5 rings (SSSR count). The lowest BCUT2D eigenvalue weighted by molar-refractivity contribution is 0.633. The quantitative estimate of drug-likeness (QED) is 0.218. The molecule has 5 aromatic rings. The highest BCUT2D eigenvalue weighted by molar-refractivity contribution is 6.31. The average molecular weight is 534 g/mol. The summed E-state index contributed by atoms with van der Waals surface area (Å²) in [5, 5.41) is 2.88. The third-order valence-corrected chi connectivity index (χ3v) is 6.95. The number of aromatic nitrogens is 2. The summed E-state index contributed by atoms with van der Waals surface area (Å²) in [6.45, 7) is 2.74. The molecule has 0 bridgehead atoms. The zero-order valence-electron chi connectivity index (χ0n) is 19.6. The molecule has 0 aliphatic rings. The lowest BCUT2D eigenvalue weighted by Crippen LogP contribution is -2.22. The molecule has 0 aliphatic heterocycles. The number of rotatable bonds is 6. The highest BCUT2D eigenvalue weighted by Crippen LogP contribution is 2.32. The van der Waals surface area contributed by atoms with E-state index in [4.69, 9.17) is 39.8 Å². The Kier molecular flexibility index (Phi) is 7.15. The van der Waals surface area contributed by atoms with Gasteiger partial charge in [-0.2, -0.15) is 0 Å². The van der Waals surface area contributed by atoms with Crippen LogP contribution in [0, 0.1) is 0 Å². The Morgan fingerprint density at radius 1 is 0.694 bits per heavy atom. The standard InChI is InChI=1S/C30H23Cl3N2O/c1-2-3-14-35-29-18-25(33)13-8-21(29)15-26(30(35)36)22-16-27(19-4-9-23(31)10-5-19)34-28(17-22)20-6-11-24(32)12-7-20/h4-13,15-18H,2-3,14H2,1H3. The molecule has 180 valence electrons. The minimum atomic E-state index is -0.0477. The van der Waals surface area contributed by atoms with Gasteiger partial charge >= 0.3 is 0 Å². The molecule has 0 aliphatic carbocycles. The van der Waals surface area contributed by atoms with E-state index in [0.717, 1.165) is 51.8 Å². The van der Waals surface area contributed by atoms with Crippen molar-refractivity contribution in [2.45, 2.75) is 26.3 Å². The van der Waals surface area contributed by atoms with Gasteiger partial charge < -0.3 is 4.57 Å². The maximum Gasteiger partial charge on any atom is 0.258 e. The van der Waals surface area contributed by atoms with Gasteiger partial charge in [-0.1, -0.05) is 78.5 Å². The van der Waals surface area contributed by atoms with Gasteiger partial charge in [0.05, 0.1) is 16.9 Å². The topological polar surface area (TPSA) is 34.9 Å². The molecular weight excluding hydrogens is 511 g/mol. The molecule has 3 aromatic carbocycles. The summed E-state index contributed by atoms with van der Waals surface area (Å²) in [5.74, 6) is 0. The Bertz CT molecular complexity index is 1540. The summed E-state index contributed by atoms with van der Waals surface area (Å²) in [6, 6.07) is 26.6. The largest absolute Gasteiger partial charge is 0.308 e. The first-order chi connectivity index (χ1) is 17.4. The maximum absolute atomic E-state index is 13.9. The van der Waals surface area contributed by atoms with E-state index in [1.165, 1.54) is 0 Å². The fourth-order valence-corrected chi connectivity index (χ4v) is 4.73. The number of fused-ring (bicyclic) bond motifs is 1. The number of nitrogens with zero attached hydrogens (tertiary/aromatic N) is 2. The van der Waals surface area contributed by atoms with E-state index >= 15 is 0 Å². The Morgan fingerprint density at radius 2 is 1.25 bits per heavy atom. The van der Waals surface area contributed by atoms with E-state index in [0.29, 0.717) is 27.2 Å². The Labute approximate surface area is 224 Å². The molecule has 0 fully saturated rings. The Hall–Kier alpha value is -3.11. The van der Waals surface area contributed by atoms with E-state index < -0.39 is 0 Å². The van der Waals surface area contributed by atoms with Gasteiger partial charge in [-0.05, 0) is 72.0 Å². The fraction of sp³-hybridized carbons (Fsp3) is 0.133. The average Bonchev–Trinajstić information content (AvgIpc) is 2.88. The number of hydrogen-bond acceptors (Lipinski definition) is 2. The molecule has 0 saturated carbocycles. The van der Waals surface area contributed by atoms with Gasteiger partial charge in [-0.3, -0.25) is 4.79 Å². The van der Waals surface area contributed by atoms with Gasteiger partial charge in [0.2, 0.25) is 0 Å². The van der Waals surface area contributed by atoms with E-state index in [1.54, 1.807) is 0 Å². The first-order valence-corrected chi connectivity index (χ1v) is 12.9. The van der Waals surface area contributed by atoms with Crippen LogP contribution in [0.5, 0.6) is 0 Å². The zero-order chi connectivity index (χ0) is 25.2. The molecule has 2 heterocycles. The van der Waals surface area contributed by atoms with Gasteiger partial charge in [0.25, 0.3) is 5.56 Å². The smallest absolute Gasteiger partial charge is 0.258 e. The lowest BCUT2D eigenvalue weighted by Gasteiger charge is -2.15. The molecule has 2 aromatic heterocycles. The van der Waals surface area contributed by atoms with Crippen molar-refractivity contribution in [1.29, 1.82) is 0 Å². The van der Waals surface area contributed by atoms with Crippen molar-refractivity contribution < 1.29 is 0 Å². The highest BCUT2D eigenvalue weighted by atomic mass is 35.5. The van der Waals surface area contributed by atoms with E-state index in [2.05, 4.69) is 6.92 Å². The number of pyridine rings is 2. The van der Waals surface area contributed by atoms with Crippen LogP contribution in [0.2, 0.25) is 15.1 Å². The monoisotopic (exact) mass is 532 g/mol. The van der Waals surface area contributed by atoms with Crippen LogP contribution in [-0.4, -0.2) is 9.55 Å². The zero-order valence-corrected chi connectivity index (χ0v) is 21.9. The number of unbranched alkanes of at least 4 members (excludes halogenated alkanes) is 1. The number of halogens is 3. The van der Waals surface area contributed by atoms with Crippen LogP contribution in [-0.2, 0) is 6.54 Å². The normalized spacial score (nSPS) is 11.2. The highest BCUT2D eigenvalue weighted by Gasteiger charge is 2.15. The summed E-state index contributed by atoms with van der Waals surface area (Å²) in [4.78, 5) is 18.8. The predicted molar refractivity (Wildman–Crippen MR) is 152 cm³/mol. The lowest BCUT2D eigenvalue weighted by atomic mass is 9.99. The van der Waals surface area contributed by atoms with Crippen molar-refractivity contribution >= 4 is 45.7 Å². The molecular formula is C30H23Cl3N2O. The molecule has 0 amide bonds. The minimum Gasteiger partial charge on any atom is -0.308 e. The summed E-state index contributed by atoms with van der Waals surface area (Å²) < 4.78 is 1.84. The molecule has 0 atom stereocenters. The van der Waals surface area contributed by atoms with Crippen LogP contribution in [0.1, 0.15) is 19.8 Å². The first kappa shape index (κ1) is 24.6. The predicted octanol–water partition coefficient (Wildman–Crippen LogP) is 9.16. The van der Waals surface area contributed by atoms with Crippen molar-refractivity contribution in [2.75, 3.05) is 0 Å². The fourth-order valence-electron chi connectivity index (χ4n) is 4.31. The van der Waals surface area contributed by atoms with Crippen LogP contribution in [0.15, 0.2) is 89.7 Å². The van der Waals surface area contributed by atoms with Gasteiger partial charge in [-0.15, -0.1) is 0 Å². The molecule has 36 heavy (non-hydrogen) atoms. The molecule has 0 radical (unpaired) electrons. The summed E-state index contributed by atoms with van der Waals surface area (Å²) >= 11 is 18.5. The summed E-state index contributed by atoms with van der Waals surface area (Å²) in [6.07, 6.45) is 1.88. The summed E-state index contributed by atoms with van der Waals surface area (Å²) in [7, 11) is 0. The maximum atomic E-state index is 13.9. The van der Waals surface area contributed by atoms with Gasteiger partial charge in [-0.25, -0.2) is 4.98 Å². The third-order valence-electron chi connectivity index (χ3n) is 6.21. The van der Waals surface area contributed by atoms with Gasteiger partial charge in [0.15, 0.2) is 0 Å². The second-order valence-electron chi connectivity index (χ2n) is 8.71. The van der Waals surface area contributed by atoms with Crippen LogP contribution in [0.25, 0.3) is 44.5 Å². The number of benzene rings is 3. The number of hydrogen-bond donors (Lipinski definition) is 0. The SMILES string of the molecule is CCCCn1c(=O)c(-c2cc(-c3ccc(Cl)cc3)nc(-c3ccc(Cl)cc3)c2)cc2ccc(Cl)cc21.